The number of likely N-dealkylation sites (tertiary alicyclic amines) is 2. The molecule has 7 heterocycles. The van der Waals surface area contributed by atoms with Crippen LogP contribution in [-0.2, 0) is 48.0 Å². The second-order valence-corrected chi connectivity index (χ2v) is 21.2. The van der Waals surface area contributed by atoms with Crippen molar-refractivity contribution >= 4 is 46.4 Å². The van der Waals surface area contributed by atoms with E-state index in [4.69, 9.17) is 14.5 Å². The predicted molar refractivity (Wildman–Crippen MR) is 258 cm³/mol. The number of nitrogens with one attached hydrogen (secondary N) is 3. The average molecular weight is 919 g/mol. The number of allylic oxidation sites excluding steroid dienone is 1. The van der Waals surface area contributed by atoms with Crippen LogP contribution in [0.15, 0.2) is 47.1 Å². The SMILES string of the molecule is CCn1c(C2=C([C@H](C)OC)N=CCC2)c2c3cc(ccc31)-c1cc(O)cc(c1)C[C@H](NC(=O)[C@H](C(C)C)N1CC[C@]3(CCN(C(=O)[C@H]4CN4)C3)C1)C(=O)N1CCC[C@H](N1)C(=O)OCC(C)(C)C2. The van der Waals surface area contributed by atoms with Crippen molar-refractivity contribution in [2.75, 3.05) is 53.0 Å². The number of nitrogens with zero attached hydrogens (tertiary/aromatic N) is 5. The van der Waals surface area contributed by atoms with Crippen molar-refractivity contribution in [3.8, 4) is 16.9 Å². The van der Waals surface area contributed by atoms with E-state index in [-0.39, 0.29) is 60.0 Å². The van der Waals surface area contributed by atoms with Crippen LogP contribution < -0.4 is 16.1 Å². The Kier molecular flexibility index (Phi) is 13.2. The summed E-state index contributed by atoms with van der Waals surface area (Å²) in [6, 6.07) is 9.50. The highest BCUT2D eigenvalue weighted by Gasteiger charge is 2.49. The van der Waals surface area contributed by atoms with Gasteiger partial charge in [0.15, 0.2) is 0 Å². The van der Waals surface area contributed by atoms with Crippen molar-refractivity contribution < 1.29 is 33.8 Å². The fourth-order valence-electron chi connectivity index (χ4n) is 11.6. The quantitative estimate of drug-likeness (QED) is 0.165. The molecule has 67 heavy (non-hydrogen) atoms. The normalized spacial score (nSPS) is 26.6. The number of rotatable bonds is 9. The molecule has 4 fully saturated rings. The Morgan fingerprint density at radius 3 is 2.58 bits per heavy atom. The van der Waals surface area contributed by atoms with Crippen LogP contribution in [-0.4, -0.2) is 138 Å². The number of cyclic esters (lactones) is 1. The lowest BCUT2D eigenvalue weighted by atomic mass is 9.83. The number of aliphatic imine (C=N–C) groups is 1. The number of methoxy groups -OCH3 is 1. The van der Waals surface area contributed by atoms with E-state index < -0.39 is 29.5 Å². The largest absolute Gasteiger partial charge is 0.508 e. The summed E-state index contributed by atoms with van der Waals surface area (Å²) >= 11 is 0. The number of fused-ring (bicyclic) bond motifs is 6. The van der Waals surface area contributed by atoms with Crippen LogP contribution in [0.2, 0.25) is 0 Å². The number of hydrogen-bond donors (Lipinski definition) is 4. The molecule has 15 heteroatoms. The lowest BCUT2D eigenvalue weighted by Crippen LogP contribution is -2.62. The molecule has 0 saturated carbocycles. The van der Waals surface area contributed by atoms with E-state index in [0.29, 0.717) is 44.5 Å². The van der Waals surface area contributed by atoms with E-state index in [1.807, 2.05) is 38.0 Å². The van der Waals surface area contributed by atoms with Crippen LogP contribution in [0.25, 0.3) is 27.6 Å². The fraction of sp³-hybridized carbons (Fsp3) is 0.596. The Labute approximate surface area is 394 Å². The highest BCUT2D eigenvalue weighted by molar-refractivity contribution is 5.95. The molecule has 15 nitrogen and oxygen atoms in total. The fourth-order valence-corrected chi connectivity index (χ4v) is 11.6. The molecule has 6 aliphatic heterocycles. The van der Waals surface area contributed by atoms with Crippen LogP contribution in [0.1, 0.15) is 96.9 Å². The second kappa shape index (κ2) is 18.8. The third kappa shape index (κ3) is 9.53. The molecular formula is C52H70N8O7. The van der Waals surface area contributed by atoms with Crippen molar-refractivity contribution in [2.24, 2.45) is 21.7 Å². The van der Waals surface area contributed by atoms with E-state index in [0.717, 1.165) is 96.4 Å². The number of hydrazine groups is 1. The van der Waals surface area contributed by atoms with Crippen molar-refractivity contribution in [1.29, 1.82) is 0 Å². The van der Waals surface area contributed by atoms with E-state index in [9.17, 15) is 24.3 Å². The van der Waals surface area contributed by atoms with E-state index in [2.05, 4.69) is 64.5 Å². The van der Waals surface area contributed by atoms with Gasteiger partial charge in [-0.3, -0.25) is 34.1 Å². The third-order valence-corrected chi connectivity index (χ3v) is 15.2. The monoisotopic (exact) mass is 919 g/mol. The summed E-state index contributed by atoms with van der Waals surface area (Å²) in [6.07, 6.45) is 6.95. The molecule has 4 saturated heterocycles. The molecule has 9 rings (SSSR count). The minimum Gasteiger partial charge on any atom is -0.508 e. The molecule has 360 valence electrons. The van der Waals surface area contributed by atoms with Gasteiger partial charge in [0.05, 0.1) is 36.2 Å². The predicted octanol–water partition coefficient (Wildman–Crippen LogP) is 5.21. The van der Waals surface area contributed by atoms with Crippen LogP contribution >= 0.6 is 0 Å². The molecule has 4 N–H and O–H groups in total. The molecule has 6 aliphatic rings. The van der Waals surface area contributed by atoms with E-state index in [1.54, 1.807) is 19.2 Å². The molecule has 0 aliphatic carbocycles. The summed E-state index contributed by atoms with van der Waals surface area (Å²) < 4.78 is 14.4. The number of esters is 1. The highest BCUT2D eigenvalue weighted by atomic mass is 16.5. The number of aromatic nitrogens is 1. The van der Waals surface area contributed by atoms with Crippen LogP contribution in [0, 0.1) is 16.7 Å². The van der Waals surface area contributed by atoms with Crippen LogP contribution in [0.3, 0.4) is 0 Å². The lowest BCUT2D eigenvalue weighted by molar-refractivity contribution is -0.155. The number of phenols is 1. The molecule has 6 bridgehead atoms. The molecule has 1 aromatic heterocycles. The number of aromatic hydroxyl groups is 1. The minimum absolute atomic E-state index is 0.0546. The van der Waals surface area contributed by atoms with E-state index in [1.165, 1.54) is 5.01 Å². The van der Waals surface area contributed by atoms with Gasteiger partial charge in [-0.1, -0.05) is 39.8 Å². The number of phenolic OH excluding ortho intramolecular Hbond substituents is 1. The third-order valence-electron chi connectivity index (χ3n) is 15.2. The number of ether oxygens (including phenoxy) is 2. The first-order valence-electron chi connectivity index (χ1n) is 24.7. The maximum absolute atomic E-state index is 14.8. The Morgan fingerprint density at radius 2 is 1.84 bits per heavy atom. The summed E-state index contributed by atoms with van der Waals surface area (Å²) in [5, 5.41) is 20.3. The van der Waals surface area contributed by atoms with Gasteiger partial charge in [0.25, 0.3) is 5.91 Å². The van der Waals surface area contributed by atoms with Gasteiger partial charge in [-0.15, -0.1) is 0 Å². The standard InChI is InChI=1S/C52H70N8O7/c1-8-59-43-14-13-34-25-38(43)39(46(59)37-11-9-17-53-44(37)32(4)66-7)26-51(5,6)30-67-50(65)40-12-10-18-60(56-40)49(64)41(23-33-21-35(34)24-36(61)22-33)55-47(62)45(31(2)3)57-19-15-52(28-57)16-20-58(29-52)48(63)42-27-54-42/h13-14,17,21-22,24-25,31-32,40-42,45,54,56,61H,8-12,15-16,18-20,23,26-30H2,1-7H3,(H,55,62)/t32-,40-,41-,42+,45-,52-/m0/s1. The molecule has 0 radical (unpaired) electrons. The second-order valence-electron chi connectivity index (χ2n) is 21.2. The number of carbonyl (C=O) groups excluding carboxylic acids is 4. The zero-order valence-corrected chi connectivity index (χ0v) is 40.5. The van der Waals surface area contributed by atoms with Gasteiger partial charge in [0, 0.05) is 86.3 Å². The summed E-state index contributed by atoms with van der Waals surface area (Å²) in [5.41, 5.74) is 10.4. The van der Waals surface area contributed by atoms with Crippen molar-refractivity contribution in [2.45, 2.75) is 130 Å². The summed E-state index contributed by atoms with van der Waals surface area (Å²) in [7, 11) is 1.71. The van der Waals surface area contributed by atoms with Gasteiger partial charge in [-0.25, -0.2) is 5.43 Å². The first-order chi connectivity index (χ1) is 32.1. The Morgan fingerprint density at radius 1 is 1.04 bits per heavy atom. The number of amides is 3. The average Bonchev–Trinajstić information content (AvgIpc) is 3.86. The molecular weight excluding hydrogens is 849 g/mol. The van der Waals surface area contributed by atoms with Crippen molar-refractivity contribution in [3.05, 3.63) is 58.9 Å². The van der Waals surface area contributed by atoms with Gasteiger partial charge >= 0.3 is 5.97 Å². The van der Waals surface area contributed by atoms with Crippen LogP contribution in [0.5, 0.6) is 5.75 Å². The number of hydrogen-bond acceptors (Lipinski definition) is 11. The topological polar surface area (TPSA) is 180 Å². The first-order valence-corrected chi connectivity index (χ1v) is 24.7. The molecule has 0 unspecified atom stereocenters. The minimum atomic E-state index is -1.02. The number of aryl methyl sites for hydroxylation is 1. The maximum atomic E-state index is 14.8. The Hall–Kier alpha value is -5.09. The van der Waals surface area contributed by atoms with Crippen molar-refractivity contribution in [1.82, 2.24) is 35.4 Å². The molecule has 1 spiro atoms. The zero-order chi connectivity index (χ0) is 47.4. The van der Waals surface area contributed by atoms with Gasteiger partial charge in [-0.05, 0) is 118 Å². The van der Waals surface area contributed by atoms with Gasteiger partial charge in [0.1, 0.15) is 17.8 Å². The van der Waals surface area contributed by atoms with Gasteiger partial charge in [-0.2, -0.15) is 0 Å². The molecule has 3 aromatic rings. The summed E-state index contributed by atoms with van der Waals surface area (Å²) in [4.78, 5) is 65.7. The highest BCUT2D eigenvalue weighted by Crippen LogP contribution is 2.43. The zero-order valence-electron chi connectivity index (χ0n) is 40.5. The Balaban J connectivity index is 1.09. The summed E-state index contributed by atoms with van der Waals surface area (Å²) in [6.45, 7) is 17.3. The molecule has 6 atom stereocenters. The number of benzene rings is 2. The smallest absolute Gasteiger partial charge is 0.324 e. The van der Waals surface area contributed by atoms with Crippen LogP contribution in [0.4, 0.5) is 0 Å². The van der Waals surface area contributed by atoms with E-state index >= 15 is 0 Å². The Bertz CT molecular complexity index is 2490. The number of carbonyl (C=O) groups is 4. The van der Waals surface area contributed by atoms with Crippen molar-refractivity contribution in [3.63, 3.8) is 0 Å². The molecule has 3 amide bonds. The lowest BCUT2D eigenvalue weighted by Gasteiger charge is -2.37. The molecule has 2 aromatic carbocycles. The van der Waals surface area contributed by atoms with Gasteiger partial charge in [0.2, 0.25) is 11.8 Å². The first kappa shape index (κ1) is 47.0. The summed E-state index contributed by atoms with van der Waals surface area (Å²) in [5.74, 6) is -0.871. The maximum Gasteiger partial charge on any atom is 0.324 e. The van der Waals surface area contributed by atoms with Gasteiger partial charge < -0.3 is 34.7 Å².